The molecule has 0 unspecified atom stereocenters. The Balaban J connectivity index is 1.11. The number of hydrogen-bond donors (Lipinski definition) is 0. The molecular formula is C50H31N5O. The van der Waals surface area contributed by atoms with Crippen molar-refractivity contribution >= 4 is 43.6 Å². The summed E-state index contributed by atoms with van der Waals surface area (Å²) in [5.74, 6) is 1.77. The lowest BCUT2D eigenvalue weighted by Gasteiger charge is -2.12. The van der Waals surface area contributed by atoms with Crippen LogP contribution in [-0.4, -0.2) is 24.7 Å². The Morgan fingerprint density at radius 2 is 0.964 bits per heavy atom. The minimum absolute atomic E-state index is 0.581. The highest BCUT2D eigenvalue weighted by atomic mass is 16.3. The van der Waals surface area contributed by atoms with Gasteiger partial charge in [-0.05, 0) is 59.0 Å². The SMILES string of the molecule is c1ccc(-c2nc(-c3ccc(-n4nc(-c5ccccc5)c5c(-c6ccccc6)cc6ccccc6c54)cc3)nc(-c3cccc4oc5ccccc5c34)n2)cc1. The summed E-state index contributed by atoms with van der Waals surface area (Å²) >= 11 is 0. The van der Waals surface area contributed by atoms with Crippen LogP contribution in [0.5, 0.6) is 0 Å². The van der Waals surface area contributed by atoms with Crippen molar-refractivity contribution in [2.75, 3.05) is 0 Å². The van der Waals surface area contributed by atoms with Crippen molar-refractivity contribution in [3.8, 4) is 62.2 Å². The second-order valence-electron chi connectivity index (χ2n) is 13.9. The quantitative estimate of drug-likeness (QED) is 0.171. The first-order valence-corrected chi connectivity index (χ1v) is 18.7. The van der Waals surface area contributed by atoms with Crippen molar-refractivity contribution in [1.29, 1.82) is 0 Å². The molecule has 0 fully saturated rings. The van der Waals surface area contributed by atoms with E-state index in [4.69, 9.17) is 24.5 Å². The van der Waals surface area contributed by atoms with Crippen LogP contribution in [0.3, 0.4) is 0 Å². The molecule has 0 saturated carbocycles. The number of para-hydroxylation sites is 1. The molecular weight excluding hydrogens is 687 g/mol. The predicted octanol–water partition coefficient (Wildman–Crippen LogP) is 12.6. The van der Waals surface area contributed by atoms with Crippen LogP contribution < -0.4 is 0 Å². The zero-order valence-corrected chi connectivity index (χ0v) is 30.0. The largest absolute Gasteiger partial charge is 0.456 e. The molecule has 6 heteroatoms. The molecule has 0 spiro atoms. The summed E-state index contributed by atoms with van der Waals surface area (Å²) in [4.78, 5) is 15.2. The zero-order chi connectivity index (χ0) is 37.0. The maximum Gasteiger partial charge on any atom is 0.164 e. The lowest BCUT2D eigenvalue weighted by atomic mass is 9.94. The fourth-order valence-electron chi connectivity index (χ4n) is 7.87. The van der Waals surface area contributed by atoms with Gasteiger partial charge in [0.15, 0.2) is 17.5 Å². The summed E-state index contributed by atoms with van der Waals surface area (Å²) in [7, 11) is 0. The van der Waals surface area contributed by atoms with Gasteiger partial charge in [0, 0.05) is 43.8 Å². The molecule has 11 aromatic rings. The van der Waals surface area contributed by atoms with E-state index in [0.717, 1.165) is 88.4 Å². The van der Waals surface area contributed by atoms with Gasteiger partial charge in [0.25, 0.3) is 0 Å². The van der Waals surface area contributed by atoms with E-state index >= 15 is 0 Å². The van der Waals surface area contributed by atoms with Gasteiger partial charge in [-0.25, -0.2) is 19.6 Å². The summed E-state index contributed by atoms with van der Waals surface area (Å²) in [6.07, 6.45) is 0. The molecule has 0 bridgehead atoms. The Morgan fingerprint density at radius 3 is 1.70 bits per heavy atom. The minimum Gasteiger partial charge on any atom is -0.456 e. The molecule has 0 N–H and O–H groups in total. The molecule has 0 amide bonds. The third-order valence-electron chi connectivity index (χ3n) is 10.5. The summed E-state index contributed by atoms with van der Waals surface area (Å²) in [6.45, 7) is 0. The molecule has 3 heterocycles. The molecule has 8 aromatic carbocycles. The van der Waals surface area contributed by atoms with E-state index in [1.165, 1.54) is 0 Å². The number of rotatable bonds is 6. The van der Waals surface area contributed by atoms with E-state index < -0.39 is 0 Å². The molecule has 3 aromatic heterocycles. The van der Waals surface area contributed by atoms with Crippen LogP contribution in [-0.2, 0) is 0 Å². The summed E-state index contributed by atoms with van der Waals surface area (Å²) < 4.78 is 8.33. The van der Waals surface area contributed by atoms with Crippen molar-refractivity contribution in [2.24, 2.45) is 0 Å². The third-order valence-corrected chi connectivity index (χ3v) is 10.5. The number of furan rings is 1. The molecule has 6 nitrogen and oxygen atoms in total. The highest BCUT2D eigenvalue weighted by Gasteiger charge is 2.22. The van der Waals surface area contributed by atoms with E-state index in [1.807, 2.05) is 66.7 Å². The highest BCUT2D eigenvalue weighted by Crippen LogP contribution is 2.42. The van der Waals surface area contributed by atoms with Crippen LogP contribution in [0.4, 0.5) is 0 Å². The van der Waals surface area contributed by atoms with E-state index in [9.17, 15) is 0 Å². The summed E-state index contributed by atoms with van der Waals surface area (Å²) in [6, 6.07) is 64.5. The molecule has 0 atom stereocenters. The molecule has 11 rings (SSSR count). The zero-order valence-electron chi connectivity index (χ0n) is 30.0. The van der Waals surface area contributed by atoms with E-state index in [1.54, 1.807) is 0 Å². The second-order valence-corrected chi connectivity index (χ2v) is 13.9. The molecule has 0 radical (unpaired) electrons. The average Bonchev–Trinajstić information content (AvgIpc) is 3.87. The topological polar surface area (TPSA) is 69.6 Å². The maximum absolute atomic E-state index is 6.24. The van der Waals surface area contributed by atoms with Crippen LogP contribution in [0.1, 0.15) is 0 Å². The minimum atomic E-state index is 0.581. The number of fused-ring (bicyclic) bond motifs is 6. The smallest absolute Gasteiger partial charge is 0.164 e. The van der Waals surface area contributed by atoms with Gasteiger partial charge < -0.3 is 4.42 Å². The van der Waals surface area contributed by atoms with Gasteiger partial charge in [-0.1, -0.05) is 146 Å². The normalized spacial score (nSPS) is 11.6. The Morgan fingerprint density at radius 1 is 0.393 bits per heavy atom. The van der Waals surface area contributed by atoms with Gasteiger partial charge in [0.2, 0.25) is 0 Å². The number of hydrogen-bond acceptors (Lipinski definition) is 5. The van der Waals surface area contributed by atoms with Crippen molar-refractivity contribution in [3.63, 3.8) is 0 Å². The van der Waals surface area contributed by atoms with Gasteiger partial charge in [-0.2, -0.15) is 5.10 Å². The van der Waals surface area contributed by atoms with Crippen LogP contribution in [0, 0.1) is 0 Å². The Kier molecular flexibility index (Phi) is 7.38. The predicted molar refractivity (Wildman–Crippen MR) is 226 cm³/mol. The standard InChI is InChI=1S/C50H31N5O/c1-4-15-32(16-5-1)41-31-36-21-10-11-22-38(36)47-45(41)46(33-17-6-2-7-18-33)54-55(47)37-29-27-35(28-30-37)49-51-48(34-19-8-3-9-20-34)52-50(53-49)40-24-14-26-43-44(40)39-23-12-13-25-42(39)56-43/h1-31H. The summed E-state index contributed by atoms with van der Waals surface area (Å²) in [5, 5.41) is 10.8. The lowest BCUT2D eigenvalue weighted by molar-refractivity contribution is 0.669. The first kappa shape index (κ1) is 31.8. The molecule has 56 heavy (non-hydrogen) atoms. The molecule has 0 aliphatic rings. The van der Waals surface area contributed by atoms with Crippen molar-refractivity contribution in [1.82, 2.24) is 24.7 Å². The number of benzene rings is 8. The van der Waals surface area contributed by atoms with Gasteiger partial charge in [0.1, 0.15) is 16.9 Å². The average molecular weight is 718 g/mol. The first-order chi connectivity index (χ1) is 27.8. The van der Waals surface area contributed by atoms with Crippen molar-refractivity contribution in [3.05, 3.63) is 188 Å². The molecule has 262 valence electrons. The number of nitrogens with zero attached hydrogens (tertiary/aromatic N) is 5. The fourth-order valence-corrected chi connectivity index (χ4v) is 7.87. The van der Waals surface area contributed by atoms with Gasteiger partial charge in [0.05, 0.1) is 11.2 Å². The Hall–Kier alpha value is -7.70. The Labute approximate surface area is 322 Å². The highest BCUT2D eigenvalue weighted by molar-refractivity contribution is 6.17. The van der Waals surface area contributed by atoms with E-state index in [-0.39, 0.29) is 0 Å². The fraction of sp³-hybridized carbons (Fsp3) is 0. The van der Waals surface area contributed by atoms with Gasteiger partial charge >= 0.3 is 0 Å². The monoisotopic (exact) mass is 717 g/mol. The van der Waals surface area contributed by atoms with Gasteiger partial charge in [-0.15, -0.1) is 0 Å². The van der Waals surface area contributed by atoms with Crippen LogP contribution in [0.15, 0.2) is 192 Å². The summed E-state index contributed by atoms with van der Waals surface area (Å²) in [5.41, 5.74) is 10.6. The van der Waals surface area contributed by atoms with Crippen molar-refractivity contribution < 1.29 is 4.42 Å². The second kappa shape index (κ2) is 13.0. The van der Waals surface area contributed by atoms with Gasteiger partial charge in [-0.3, -0.25) is 0 Å². The molecule has 0 aliphatic carbocycles. The number of aromatic nitrogens is 5. The molecule has 0 saturated heterocycles. The molecule has 0 aliphatic heterocycles. The van der Waals surface area contributed by atoms with Crippen LogP contribution in [0.25, 0.3) is 106 Å². The van der Waals surface area contributed by atoms with Crippen LogP contribution >= 0.6 is 0 Å². The van der Waals surface area contributed by atoms with E-state index in [0.29, 0.717) is 17.5 Å². The first-order valence-electron chi connectivity index (χ1n) is 18.7. The maximum atomic E-state index is 6.24. The van der Waals surface area contributed by atoms with Crippen molar-refractivity contribution in [2.45, 2.75) is 0 Å². The van der Waals surface area contributed by atoms with E-state index in [2.05, 4.69) is 126 Å². The lowest BCUT2D eigenvalue weighted by Crippen LogP contribution is -2.01. The Bertz CT molecular complexity index is 3230. The third kappa shape index (κ3) is 5.27. The van der Waals surface area contributed by atoms with Crippen LogP contribution in [0.2, 0.25) is 0 Å².